The first-order valence-corrected chi connectivity index (χ1v) is 6.29. The van der Waals surface area contributed by atoms with Crippen molar-refractivity contribution in [2.45, 2.75) is 11.3 Å². The fraction of sp³-hybridized carbons (Fsp3) is 0.143. The third-order valence-corrected chi connectivity index (χ3v) is 3.36. The summed E-state index contributed by atoms with van der Waals surface area (Å²) >= 11 is 5.40. The van der Waals surface area contributed by atoms with Crippen molar-refractivity contribution in [2.75, 3.05) is 0 Å². The van der Waals surface area contributed by atoms with Gasteiger partial charge in [-0.1, -0.05) is 11.6 Å². The van der Waals surface area contributed by atoms with Crippen LogP contribution in [0.5, 0.6) is 0 Å². The molecule has 0 aliphatic rings. The van der Waals surface area contributed by atoms with E-state index < -0.39 is 36.7 Å². The molecule has 0 aliphatic heterocycles. The first kappa shape index (κ1) is 13.1. The molecule has 4 nitrogen and oxygen atoms in total. The summed E-state index contributed by atoms with van der Waals surface area (Å²) < 4.78 is 47.0. The average molecular weight is 287 g/mol. The second-order valence-electron chi connectivity index (χ2n) is 2.56. The minimum Gasteiger partial charge on any atom is -0.243 e. The summed E-state index contributed by atoms with van der Waals surface area (Å²) in [5, 5.41) is 8.03. The summed E-state index contributed by atoms with van der Waals surface area (Å²) in [6.45, 7) is 0. The van der Waals surface area contributed by atoms with E-state index in [4.69, 9.17) is 27.5 Å². The topological polar surface area (TPSA) is 70.8 Å². The fourth-order valence-electron chi connectivity index (χ4n) is 0.987. The maximum Gasteiger partial charge on any atom is 0.266 e. The van der Waals surface area contributed by atoms with Crippen LogP contribution in [0.2, 0.25) is 5.15 Å². The third-order valence-electron chi connectivity index (χ3n) is 1.61. The lowest BCUT2D eigenvalue weighted by Gasteiger charge is -2.06. The minimum atomic E-state index is -4.41. The van der Waals surface area contributed by atoms with E-state index in [-0.39, 0.29) is 0 Å². The summed E-state index contributed by atoms with van der Waals surface area (Å²) in [5.74, 6) is 0. The maximum absolute atomic E-state index is 12.4. The lowest BCUT2D eigenvalue weighted by molar-refractivity contribution is 0.150. The third kappa shape index (κ3) is 2.40. The van der Waals surface area contributed by atoms with Crippen molar-refractivity contribution in [1.82, 2.24) is 4.98 Å². The molecular formula is C7H2Cl2F2N2O2S. The van der Waals surface area contributed by atoms with E-state index in [1.54, 1.807) is 0 Å². The van der Waals surface area contributed by atoms with Crippen molar-refractivity contribution in [3.8, 4) is 6.07 Å². The van der Waals surface area contributed by atoms with Crippen LogP contribution in [0.4, 0.5) is 8.78 Å². The van der Waals surface area contributed by atoms with Gasteiger partial charge in [0.1, 0.15) is 16.1 Å². The molecule has 1 aromatic heterocycles. The summed E-state index contributed by atoms with van der Waals surface area (Å²) in [7, 11) is 0.566. The number of pyridine rings is 1. The lowest BCUT2D eigenvalue weighted by atomic mass is 10.1. The first-order valence-electron chi connectivity index (χ1n) is 3.60. The van der Waals surface area contributed by atoms with Crippen LogP contribution in [0, 0.1) is 11.3 Å². The van der Waals surface area contributed by atoms with Crippen LogP contribution in [-0.4, -0.2) is 13.4 Å². The van der Waals surface area contributed by atoms with E-state index >= 15 is 0 Å². The molecule has 0 bridgehead atoms. The highest BCUT2D eigenvalue weighted by atomic mass is 35.7. The number of hydrogen-bond acceptors (Lipinski definition) is 4. The van der Waals surface area contributed by atoms with Crippen LogP contribution in [0.3, 0.4) is 0 Å². The zero-order chi connectivity index (χ0) is 12.5. The van der Waals surface area contributed by atoms with Gasteiger partial charge < -0.3 is 0 Å². The number of alkyl halides is 2. The van der Waals surface area contributed by atoms with Gasteiger partial charge in [-0.2, -0.15) is 5.26 Å². The fourth-order valence-corrected chi connectivity index (χ4v) is 2.67. The second-order valence-corrected chi connectivity index (χ2v) is 5.42. The minimum absolute atomic E-state index is 0.615. The quantitative estimate of drug-likeness (QED) is 0.618. The lowest BCUT2D eigenvalue weighted by Crippen LogP contribution is -2.03. The summed E-state index contributed by atoms with van der Waals surface area (Å²) in [6, 6.07) is 1.32. The standard InChI is InChI=1S/C7H2Cl2F2N2O2S/c8-6-5(16(9,14)15)3(1-12)4(2-13-6)7(10)11/h2,7H. The number of nitriles is 1. The number of hydrogen-bond donors (Lipinski definition) is 0. The van der Waals surface area contributed by atoms with Crippen molar-refractivity contribution >= 4 is 31.3 Å². The van der Waals surface area contributed by atoms with Gasteiger partial charge >= 0.3 is 0 Å². The molecule has 0 fully saturated rings. The molecule has 0 N–H and O–H groups in total. The Morgan fingerprint density at radius 2 is 2.06 bits per heavy atom. The van der Waals surface area contributed by atoms with Gasteiger partial charge in [0.05, 0.1) is 11.1 Å². The predicted molar refractivity (Wildman–Crippen MR) is 52.0 cm³/mol. The largest absolute Gasteiger partial charge is 0.266 e. The van der Waals surface area contributed by atoms with Crippen molar-refractivity contribution in [2.24, 2.45) is 0 Å². The van der Waals surface area contributed by atoms with Gasteiger partial charge in [-0.05, 0) is 0 Å². The van der Waals surface area contributed by atoms with Crippen molar-refractivity contribution in [3.05, 3.63) is 22.5 Å². The van der Waals surface area contributed by atoms with E-state index in [1.807, 2.05) is 0 Å². The Hall–Kier alpha value is -0.970. The van der Waals surface area contributed by atoms with Crippen LogP contribution < -0.4 is 0 Å². The molecule has 86 valence electrons. The molecule has 0 atom stereocenters. The molecular weight excluding hydrogens is 285 g/mol. The Morgan fingerprint density at radius 1 is 1.50 bits per heavy atom. The molecule has 1 heterocycles. The molecule has 0 saturated heterocycles. The van der Waals surface area contributed by atoms with Crippen LogP contribution in [-0.2, 0) is 9.05 Å². The van der Waals surface area contributed by atoms with Crippen molar-refractivity contribution in [1.29, 1.82) is 5.26 Å². The van der Waals surface area contributed by atoms with Crippen LogP contribution >= 0.6 is 22.3 Å². The highest BCUT2D eigenvalue weighted by molar-refractivity contribution is 8.13. The molecule has 0 saturated carbocycles. The van der Waals surface area contributed by atoms with E-state index in [9.17, 15) is 17.2 Å². The number of rotatable bonds is 2. The van der Waals surface area contributed by atoms with Crippen molar-refractivity contribution < 1.29 is 17.2 Å². The number of aromatic nitrogens is 1. The SMILES string of the molecule is N#Cc1c(C(F)F)cnc(Cl)c1S(=O)(=O)Cl. The van der Waals surface area contributed by atoms with Gasteiger partial charge in [0, 0.05) is 16.9 Å². The molecule has 0 amide bonds. The smallest absolute Gasteiger partial charge is 0.243 e. The second kappa shape index (κ2) is 4.49. The monoisotopic (exact) mass is 286 g/mol. The van der Waals surface area contributed by atoms with Crippen LogP contribution in [0.15, 0.2) is 11.1 Å². The number of nitrogens with zero attached hydrogens (tertiary/aromatic N) is 2. The average Bonchev–Trinajstić information content (AvgIpc) is 2.14. The molecule has 0 radical (unpaired) electrons. The first-order chi connectivity index (χ1) is 7.29. The molecule has 0 unspecified atom stereocenters. The Labute approximate surface area is 98.8 Å². The summed E-state index contributed by atoms with van der Waals surface area (Å²) in [5.41, 5.74) is -1.61. The normalized spacial score (nSPS) is 11.5. The van der Waals surface area contributed by atoms with E-state index in [1.165, 1.54) is 6.07 Å². The molecule has 9 heteroatoms. The Balaban J connectivity index is 3.74. The Kier molecular flexibility index (Phi) is 3.68. The summed E-state index contributed by atoms with van der Waals surface area (Å²) in [4.78, 5) is 2.35. The predicted octanol–water partition coefficient (Wildman–Crippen LogP) is 2.47. The summed E-state index contributed by atoms with van der Waals surface area (Å²) in [6.07, 6.45) is -2.41. The van der Waals surface area contributed by atoms with Gasteiger partial charge in [0.2, 0.25) is 0 Å². The van der Waals surface area contributed by atoms with E-state index in [0.717, 1.165) is 0 Å². The zero-order valence-corrected chi connectivity index (χ0v) is 9.61. The van der Waals surface area contributed by atoms with Crippen molar-refractivity contribution in [3.63, 3.8) is 0 Å². The maximum atomic E-state index is 12.4. The van der Waals surface area contributed by atoms with Crippen LogP contribution in [0.1, 0.15) is 17.6 Å². The van der Waals surface area contributed by atoms with Gasteiger partial charge in [0.25, 0.3) is 15.5 Å². The molecule has 0 aromatic carbocycles. The van der Waals surface area contributed by atoms with Gasteiger partial charge in [-0.25, -0.2) is 22.2 Å². The molecule has 1 aromatic rings. The van der Waals surface area contributed by atoms with E-state index in [2.05, 4.69) is 4.98 Å². The highest BCUT2D eigenvalue weighted by Crippen LogP contribution is 2.32. The molecule has 0 aliphatic carbocycles. The Bertz CT molecular complexity index is 568. The zero-order valence-electron chi connectivity index (χ0n) is 7.29. The number of halogens is 4. The molecule has 16 heavy (non-hydrogen) atoms. The van der Waals surface area contributed by atoms with Gasteiger partial charge in [0.15, 0.2) is 0 Å². The Morgan fingerprint density at radius 3 is 2.44 bits per heavy atom. The molecule has 0 spiro atoms. The van der Waals surface area contributed by atoms with Gasteiger partial charge in [-0.3, -0.25) is 0 Å². The van der Waals surface area contributed by atoms with E-state index in [0.29, 0.717) is 6.20 Å². The molecule has 1 rings (SSSR count). The highest BCUT2D eigenvalue weighted by Gasteiger charge is 2.27. The van der Waals surface area contributed by atoms with Gasteiger partial charge in [-0.15, -0.1) is 0 Å². The van der Waals surface area contributed by atoms with Crippen LogP contribution in [0.25, 0.3) is 0 Å².